The fourth-order valence-corrected chi connectivity index (χ4v) is 5.02. The van der Waals surface area contributed by atoms with Gasteiger partial charge in [0.25, 0.3) is 11.2 Å². The quantitative estimate of drug-likeness (QED) is 0.240. The number of nitro groups is 1. The van der Waals surface area contributed by atoms with E-state index in [-0.39, 0.29) is 30.8 Å². The molecule has 32 heavy (non-hydrogen) atoms. The first-order valence-corrected chi connectivity index (χ1v) is 11.3. The normalized spacial score (nSPS) is 17.8. The third kappa shape index (κ3) is 4.08. The number of hydrogen-bond acceptors (Lipinski definition) is 8. The van der Waals surface area contributed by atoms with Crippen molar-refractivity contribution in [2.45, 2.75) is 43.0 Å². The number of ether oxygens (including phenoxy) is 3. The Morgan fingerprint density at radius 1 is 1.28 bits per heavy atom. The molecule has 2 aliphatic rings. The first-order valence-electron chi connectivity index (χ1n) is 10.3. The molecule has 9 nitrogen and oxygen atoms in total. The number of nitro benzene ring substituents is 1. The number of hydrogen-bond donors (Lipinski definition) is 0. The van der Waals surface area contributed by atoms with Crippen LogP contribution in [0.5, 0.6) is 5.75 Å². The molecule has 0 saturated carbocycles. The van der Waals surface area contributed by atoms with Crippen LogP contribution in [0.25, 0.3) is 10.9 Å². The first kappa shape index (κ1) is 20.9. The number of para-hydroxylation sites is 1. The Kier molecular flexibility index (Phi) is 5.81. The molecule has 1 saturated heterocycles. The second-order valence-corrected chi connectivity index (χ2v) is 8.65. The molecule has 0 bridgehead atoms. The topological polar surface area (TPSA) is 106 Å². The molecule has 2 aromatic carbocycles. The van der Waals surface area contributed by atoms with Crippen LogP contribution in [0.4, 0.5) is 5.69 Å². The minimum atomic E-state index is -0.426. The molecule has 2 aliphatic heterocycles. The molecule has 0 radical (unpaired) electrons. The van der Waals surface area contributed by atoms with E-state index in [0.29, 0.717) is 51.8 Å². The maximum absolute atomic E-state index is 13.2. The van der Waals surface area contributed by atoms with Crippen molar-refractivity contribution >= 4 is 28.4 Å². The van der Waals surface area contributed by atoms with Gasteiger partial charge in [-0.2, -0.15) is 0 Å². The highest BCUT2D eigenvalue weighted by Gasteiger charge is 2.23. The summed E-state index contributed by atoms with van der Waals surface area (Å²) >= 11 is 1.36. The van der Waals surface area contributed by atoms with E-state index in [2.05, 4.69) is 0 Å². The first-order chi connectivity index (χ1) is 15.6. The summed E-state index contributed by atoms with van der Waals surface area (Å²) in [7, 11) is 0. The molecule has 3 aromatic rings. The van der Waals surface area contributed by atoms with Crippen LogP contribution < -0.4 is 10.3 Å². The van der Waals surface area contributed by atoms with Gasteiger partial charge in [0.15, 0.2) is 11.9 Å². The Labute approximate surface area is 187 Å². The Morgan fingerprint density at radius 3 is 2.97 bits per heavy atom. The second-order valence-electron chi connectivity index (χ2n) is 7.71. The van der Waals surface area contributed by atoms with E-state index in [1.807, 2.05) is 18.2 Å². The van der Waals surface area contributed by atoms with E-state index in [9.17, 15) is 14.9 Å². The maximum Gasteiger partial charge on any atom is 0.270 e. The summed E-state index contributed by atoms with van der Waals surface area (Å²) in [5, 5.41) is 12.5. The fourth-order valence-electron chi connectivity index (χ4n) is 4.05. The van der Waals surface area contributed by atoms with Crippen molar-refractivity contribution in [2.75, 3.05) is 13.4 Å². The van der Waals surface area contributed by atoms with E-state index < -0.39 is 4.92 Å². The van der Waals surface area contributed by atoms with E-state index in [1.54, 1.807) is 10.6 Å². The van der Waals surface area contributed by atoms with E-state index in [4.69, 9.17) is 19.2 Å². The highest BCUT2D eigenvalue weighted by Crippen LogP contribution is 2.36. The highest BCUT2D eigenvalue weighted by molar-refractivity contribution is 7.98. The SMILES string of the molecule is O=c1c2ccccc2nc(SCc2cc([N+](=O)[O-])cc3c2OCOC3)n1CC1CCCO1. The lowest BCUT2D eigenvalue weighted by Gasteiger charge is -2.21. The van der Waals surface area contributed by atoms with Crippen LogP contribution in [-0.2, 0) is 28.4 Å². The zero-order chi connectivity index (χ0) is 22.1. The predicted octanol–water partition coefficient (Wildman–Crippen LogP) is 3.64. The van der Waals surface area contributed by atoms with Crippen molar-refractivity contribution in [1.82, 2.24) is 9.55 Å². The van der Waals surface area contributed by atoms with Gasteiger partial charge in [-0.05, 0) is 25.0 Å². The lowest BCUT2D eigenvalue weighted by Crippen LogP contribution is -2.28. The molecule has 0 amide bonds. The van der Waals surface area contributed by atoms with Crippen LogP contribution in [0.1, 0.15) is 24.0 Å². The Balaban J connectivity index is 1.52. The molecule has 1 aromatic heterocycles. The van der Waals surface area contributed by atoms with Crippen LogP contribution in [0.2, 0.25) is 0 Å². The van der Waals surface area contributed by atoms with E-state index >= 15 is 0 Å². The van der Waals surface area contributed by atoms with Crippen molar-refractivity contribution < 1.29 is 19.1 Å². The molecular weight excluding hydrogens is 434 g/mol. The molecule has 1 atom stereocenters. The lowest BCUT2D eigenvalue weighted by atomic mass is 10.1. The van der Waals surface area contributed by atoms with Gasteiger partial charge in [0.05, 0.1) is 35.1 Å². The van der Waals surface area contributed by atoms with Crippen LogP contribution >= 0.6 is 11.8 Å². The van der Waals surface area contributed by atoms with E-state index in [0.717, 1.165) is 12.8 Å². The Morgan fingerprint density at radius 2 is 2.16 bits per heavy atom. The predicted molar refractivity (Wildman–Crippen MR) is 118 cm³/mol. The standard InChI is InChI=1S/C22H21N3O6S/c26-21-18-5-1-2-6-19(18)23-22(24(21)10-17-4-3-7-30-17)32-12-15-9-16(25(27)28)8-14-11-29-13-31-20(14)15/h1-2,5-6,8-9,17H,3-4,7,10-13H2. The van der Waals surface area contributed by atoms with Gasteiger partial charge in [-0.25, -0.2) is 4.98 Å². The zero-order valence-electron chi connectivity index (χ0n) is 17.2. The molecule has 1 fully saturated rings. The third-order valence-corrected chi connectivity index (χ3v) is 6.60. The molecule has 0 spiro atoms. The Hall–Kier alpha value is -2.95. The minimum absolute atomic E-state index is 0.0170. The van der Waals surface area contributed by atoms with Gasteiger partial charge >= 0.3 is 0 Å². The molecule has 10 heteroatoms. The highest BCUT2D eigenvalue weighted by atomic mass is 32.2. The molecule has 5 rings (SSSR count). The molecule has 0 N–H and O–H groups in total. The summed E-state index contributed by atoms with van der Waals surface area (Å²) in [5.74, 6) is 0.962. The van der Waals surface area contributed by atoms with E-state index in [1.165, 1.54) is 23.9 Å². The second kappa shape index (κ2) is 8.89. The summed E-state index contributed by atoms with van der Waals surface area (Å²) in [4.78, 5) is 29.0. The minimum Gasteiger partial charge on any atom is -0.467 e. The zero-order valence-corrected chi connectivity index (χ0v) is 18.0. The lowest BCUT2D eigenvalue weighted by molar-refractivity contribution is -0.385. The van der Waals surface area contributed by atoms with Gasteiger partial charge in [-0.3, -0.25) is 19.5 Å². The summed E-state index contributed by atoms with van der Waals surface area (Å²) < 4.78 is 18.3. The molecule has 0 aliphatic carbocycles. The third-order valence-electron chi connectivity index (χ3n) is 5.58. The average molecular weight is 455 g/mol. The van der Waals surface area contributed by atoms with Gasteiger partial charge < -0.3 is 14.2 Å². The molecule has 166 valence electrons. The number of benzene rings is 2. The number of thioether (sulfide) groups is 1. The van der Waals surface area contributed by atoms with Gasteiger partial charge in [-0.1, -0.05) is 23.9 Å². The van der Waals surface area contributed by atoms with Crippen molar-refractivity contribution in [3.8, 4) is 5.75 Å². The summed E-state index contributed by atoms with van der Waals surface area (Å²) in [5.41, 5.74) is 1.81. The molecular formula is C22H21N3O6S. The van der Waals surface area contributed by atoms with Crippen LogP contribution in [0.15, 0.2) is 46.3 Å². The monoisotopic (exact) mass is 455 g/mol. The summed E-state index contributed by atoms with van der Waals surface area (Å²) in [6, 6.07) is 10.2. The van der Waals surface area contributed by atoms with Gasteiger partial charge in [0.2, 0.25) is 0 Å². The van der Waals surface area contributed by atoms with Gasteiger partial charge in [0.1, 0.15) is 5.75 Å². The van der Waals surface area contributed by atoms with Crippen molar-refractivity contribution in [3.05, 3.63) is 68.0 Å². The Bertz CT molecular complexity index is 1240. The number of fused-ring (bicyclic) bond motifs is 2. The van der Waals surface area contributed by atoms with Gasteiger partial charge in [-0.15, -0.1) is 0 Å². The van der Waals surface area contributed by atoms with Crippen LogP contribution in [0, 0.1) is 10.1 Å². The van der Waals surface area contributed by atoms with Crippen LogP contribution in [0.3, 0.4) is 0 Å². The number of nitrogens with zero attached hydrogens (tertiary/aromatic N) is 3. The smallest absolute Gasteiger partial charge is 0.270 e. The number of rotatable bonds is 6. The molecule has 3 heterocycles. The fraction of sp³-hybridized carbons (Fsp3) is 0.364. The summed E-state index contributed by atoms with van der Waals surface area (Å²) in [6.45, 7) is 1.48. The average Bonchev–Trinajstić information content (AvgIpc) is 3.32. The van der Waals surface area contributed by atoms with Crippen molar-refractivity contribution in [3.63, 3.8) is 0 Å². The number of non-ortho nitro benzene ring substituents is 1. The summed E-state index contributed by atoms with van der Waals surface area (Å²) in [6.07, 6.45) is 1.85. The van der Waals surface area contributed by atoms with Crippen molar-refractivity contribution in [1.29, 1.82) is 0 Å². The largest absolute Gasteiger partial charge is 0.467 e. The number of aromatic nitrogens is 2. The van der Waals surface area contributed by atoms with Crippen molar-refractivity contribution in [2.24, 2.45) is 0 Å². The van der Waals surface area contributed by atoms with Gasteiger partial charge in [0, 0.05) is 35.6 Å². The van der Waals surface area contributed by atoms with Crippen LogP contribution in [-0.4, -0.2) is 34.0 Å². The molecule has 1 unspecified atom stereocenters. The maximum atomic E-state index is 13.2.